The molecule has 2 N–H and O–H groups in total. The molecule has 1 fully saturated rings. The fourth-order valence-corrected chi connectivity index (χ4v) is 3.75. The largest absolute Gasteiger partial charge is 0.392 e. The molecule has 1 aliphatic rings. The van der Waals surface area contributed by atoms with Crippen LogP contribution < -0.4 is 5.32 Å². The molecule has 2 rings (SSSR count). The van der Waals surface area contributed by atoms with Crippen LogP contribution in [0.3, 0.4) is 0 Å². The zero-order valence-electron chi connectivity index (χ0n) is 9.29. The minimum atomic E-state index is -0.161. The van der Waals surface area contributed by atoms with Crippen molar-refractivity contribution in [2.24, 2.45) is 5.92 Å². The van der Waals surface area contributed by atoms with Gasteiger partial charge in [-0.15, -0.1) is 11.3 Å². The smallest absolute Gasteiger partial charge is 0.0701 e. The molecule has 1 heterocycles. The number of aliphatic hydroxyl groups excluding tert-OH is 1. The van der Waals surface area contributed by atoms with E-state index in [0.29, 0.717) is 5.92 Å². The molecular weight excluding hydrogens is 286 g/mol. The maximum atomic E-state index is 9.96. The van der Waals surface area contributed by atoms with Crippen molar-refractivity contribution >= 4 is 27.3 Å². The number of rotatable bonds is 5. The molecule has 1 aromatic heterocycles. The van der Waals surface area contributed by atoms with Crippen LogP contribution in [0.5, 0.6) is 0 Å². The summed E-state index contributed by atoms with van der Waals surface area (Å²) >= 11 is 5.19. The molecule has 1 saturated carbocycles. The van der Waals surface area contributed by atoms with Crippen LogP contribution in [0.15, 0.2) is 15.9 Å². The summed E-state index contributed by atoms with van der Waals surface area (Å²) in [6.07, 6.45) is 4.82. The van der Waals surface area contributed by atoms with E-state index in [9.17, 15) is 5.11 Å². The second-order valence-electron chi connectivity index (χ2n) is 4.45. The van der Waals surface area contributed by atoms with Crippen LogP contribution in [0.2, 0.25) is 0 Å². The Hall–Kier alpha value is 0.1000. The molecule has 2 nitrogen and oxygen atoms in total. The molecule has 0 bridgehead atoms. The van der Waals surface area contributed by atoms with Crippen molar-refractivity contribution in [1.29, 1.82) is 0 Å². The van der Waals surface area contributed by atoms with E-state index >= 15 is 0 Å². The Balaban J connectivity index is 1.67. The molecule has 16 heavy (non-hydrogen) atoms. The number of hydrogen-bond donors (Lipinski definition) is 2. The summed E-state index contributed by atoms with van der Waals surface area (Å²) in [4.78, 5) is 1.31. The lowest BCUT2D eigenvalue weighted by molar-refractivity contribution is 0.109. The van der Waals surface area contributed by atoms with Crippen molar-refractivity contribution < 1.29 is 5.11 Å². The van der Waals surface area contributed by atoms with E-state index in [1.807, 2.05) is 0 Å². The molecule has 1 unspecified atom stereocenters. The Morgan fingerprint density at radius 3 is 2.81 bits per heavy atom. The third-order valence-corrected chi connectivity index (χ3v) is 4.85. The van der Waals surface area contributed by atoms with Gasteiger partial charge in [-0.2, -0.15) is 0 Å². The quantitative estimate of drug-likeness (QED) is 0.876. The van der Waals surface area contributed by atoms with E-state index < -0.39 is 0 Å². The van der Waals surface area contributed by atoms with E-state index in [2.05, 4.69) is 33.4 Å². The average Bonchev–Trinajstić information content (AvgIpc) is 2.89. The van der Waals surface area contributed by atoms with Gasteiger partial charge in [0.15, 0.2) is 0 Å². The first-order valence-electron chi connectivity index (χ1n) is 5.88. The Morgan fingerprint density at radius 2 is 2.19 bits per heavy atom. The molecule has 0 aromatic carbocycles. The number of hydrogen-bond acceptors (Lipinski definition) is 3. The van der Waals surface area contributed by atoms with Gasteiger partial charge in [-0.25, -0.2) is 0 Å². The summed E-state index contributed by atoms with van der Waals surface area (Å²) in [6, 6.07) is 4.18. The van der Waals surface area contributed by atoms with Gasteiger partial charge in [0.2, 0.25) is 0 Å². The Labute approximate surface area is 109 Å². The molecule has 0 spiro atoms. The van der Waals surface area contributed by atoms with E-state index in [0.717, 1.165) is 13.1 Å². The van der Waals surface area contributed by atoms with Gasteiger partial charge in [-0.05, 0) is 46.8 Å². The molecule has 1 aromatic rings. The molecule has 0 radical (unpaired) electrons. The first-order valence-corrected chi connectivity index (χ1v) is 7.49. The van der Waals surface area contributed by atoms with E-state index in [-0.39, 0.29) is 6.10 Å². The standard InChI is InChI=1S/C12H18BrNOS/c13-12-6-5-10(16-12)7-14-8-11(15)9-3-1-2-4-9/h5-6,9,11,14-15H,1-4,7-8H2. The van der Waals surface area contributed by atoms with E-state index in [1.165, 1.54) is 34.3 Å². The number of nitrogens with one attached hydrogen (secondary N) is 1. The molecular formula is C12H18BrNOS. The maximum absolute atomic E-state index is 9.96. The number of aliphatic hydroxyl groups is 1. The maximum Gasteiger partial charge on any atom is 0.0701 e. The predicted octanol–water partition coefficient (Wildman–Crippen LogP) is 3.15. The molecule has 0 aliphatic heterocycles. The third kappa shape index (κ3) is 3.55. The van der Waals surface area contributed by atoms with Gasteiger partial charge in [0.05, 0.1) is 9.89 Å². The highest BCUT2D eigenvalue weighted by Gasteiger charge is 2.22. The zero-order valence-corrected chi connectivity index (χ0v) is 11.7. The van der Waals surface area contributed by atoms with Gasteiger partial charge in [-0.3, -0.25) is 0 Å². The monoisotopic (exact) mass is 303 g/mol. The Morgan fingerprint density at radius 1 is 1.44 bits per heavy atom. The lowest BCUT2D eigenvalue weighted by atomic mass is 10.0. The van der Waals surface area contributed by atoms with Crippen molar-refractivity contribution in [3.8, 4) is 0 Å². The highest BCUT2D eigenvalue weighted by molar-refractivity contribution is 9.11. The minimum absolute atomic E-state index is 0.161. The van der Waals surface area contributed by atoms with Crippen LogP contribution in [0.4, 0.5) is 0 Å². The van der Waals surface area contributed by atoms with Gasteiger partial charge in [0.1, 0.15) is 0 Å². The van der Waals surface area contributed by atoms with E-state index in [1.54, 1.807) is 11.3 Å². The minimum Gasteiger partial charge on any atom is -0.392 e. The summed E-state index contributed by atoms with van der Waals surface area (Å²) in [5, 5.41) is 13.3. The summed E-state index contributed by atoms with van der Waals surface area (Å²) in [5.74, 6) is 0.530. The fourth-order valence-electron chi connectivity index (χ4n) is 2.30. The lowest BCUT2D eigenvalue weighted by Gasteiger charge is -2.17. The second-order valence-corrected chi connectivity index (χ2v) is 7.00. The van der Waals surface area contributed by atoms with Crippen LogP contribution in [0.1, 0.15) is 30.6 Å². The third-order valence-electron chi connectivity index (χ3n) is 3.23. The Bertz CT molecular complexity index is 323. The summed E-state index contributed by atoms with van der Waals surface area (Å²) < 4.78 is 1.17. The van der Waals surface area contributed by atoms with Crippen LogP contribution in [0.25, 0.3) is 0 Å². The first kappa shape index (κ1) is 12.6. The summed E-state index contributed by atoms with van der Waals surface area (Å²) in [5.41, 5.74) is 0. The number of thiophene rings is 1. The van der Waals surface area contributed by atoms with Crippen LogP contribution in [-0.2, 0) is 6.54 Å². The summed E-state index contributed by atoms with van der Waals surface area (Å²) in [7, 11) is 0. The van der Waals surface area contributed by atoms with Crippen LogP contribution in [0, 0.1) is 5.92 Å². The van der Waals surface area contributed by atoms with Crippen molar-refractivity contribution in [1.82, 2.24) is 5.32 Å². The molecule has 1 aliphatic carbocycles. The normalized spacial score (nSPS) is 19.1. The summed E-state index contributed by atoms with van der Waals surface area (Å²) in [6.45, 7) is 1.58. The Kier molecular flexibility index (Phi) is 4.82. The molecule has 0 saturated heterocycles. The van der Waals surface area contributed by atoms with E-state index in [4.69, 9.17) is 0 Å². The number of halogens is 1. The topological polar surface area (TPSA) is 32.3 Å². The van der Waals surface area contributed by atoms with Crippen molar-refractivity contribution in [2.75, 3.05) is 6.54 Å². The highest BCUT2D eigenvalue weighted by atomic mass is 79.9. The first-order chi connectivity index (χ1) is 7.75. The second kappa shape index (κ2) is 6.15. The van der Waals surface area contributed by atoms with Gasteiger partial charge in [-0.1, -0.05) is 12.8 Å². The van der Waals surface area contributed by atoms with Gasteiger partial charge in [0.25, 0.3) is 0 Å². The van der Waals surface area contributed by atoms with Crippen molar-refractivity contribution in [3.05, 3.63) is 20.8 Å². The highest BCUT2D eigenvalue weighted by Crippen LogP contribution is 2.27. The lowest BCUT2D eigenvalue weighted by Crippen LogP contribution is -2.31. The van der Waals surface area contributed by atoms with Crippen molar-refractivity contribution in [3.63, 3.8) is 0 Å². The fraction of sp³-hybridized carbons (Fsp3) is 0.667. The van der Waals surface area contributed by atoms with Crippen LogP contribution in [-0.4, -0.2) is 17.8 Å². The average molecular weight is 304 g/mol. The molecule has 0 amide bonds. The van der Waals surface area contributed by atoms with Gasteiger partial charge >= 0.3 is 0 Å². The van der Waals surface area contributed by atoms with Crippen LogP contribution >= 0.6 is 27.3 Å². The van der Waals surface area contributed by atoms with Crippen molar-refractivity contribution in [2.45, 2.75) is 38.3 Å². The SMILES string of the molecule is OC(CNCc1ccc(Br)s1)C1CCCC1. The zero-order chi connectivity index (χ0) is 11.4. The molecule has 1 atom stereocenters. The predicted molar refractivity (Wildman–Crippen MR) is 71.7 cm³/mol. The van der Waals surface area contributed by atoms with Gasteiger partial charge in [0, 0.05) is 18.0 Å². The molecule has 90 valence electrons. The van der Waals surface area contributed by atoms with Gasteiger partial charge < -0.3 is 10.4 Å². The molecule has 4 heteroatoms.